The van der Waals surface area contributed by atoms with Gasteiger partial charge in [0, 0.05) is 24.7 Å². The van der Waals surface area contributed by atoms with E-state index in [-0.39, 0.29) is 17.6 Å². The van der Waals surface area contributed by atoms with Crippen molar-refractivity contribution in [3.8, 4) is 0 Å². The lowest BCUT2D eigenvalue weighted by molar-refractivity contribution is -0.122. The van der Waals surface area contributed by atoms with Gasteiger partial charge in [0.1, 0.15) is 11.6 Å². The summed E-state index contributed by atoms with van der Waals surface area (Å²) in [6, 6.07) is 18.2. The normalized spacial score (nSPS) is 12.2. The van der Waals surface area contributed by atoms with Gasteiger partial charge in [-0.3, -0.25) is 9.59 Å². The van der Waals surface area contributed by atoms with Gasteiger partial charge >= 0.3 is 0 Å². The largest absolute Gasteiger partial charge is 0.299 e. The van der Waals surface area contributed by atoms with Crippen molar-refractivity contribution in [1.29, 1.82) is 0 Å². The summed E-state index contributed by atoms with van der Waals surface area (Å²) >= 11 is 0. The number of ketones is 2. The first-order valence-corrected chi connectivity index (χ1v) is 9.13. The van der Waals surface area contributed by atoms with Gasteiger partial charge in [-0.25, -0.2) is 0 Å². The molecule has 0 fully saturated rings. The van der Waals surface area contributed by atoms with Gasteiger partial charge in [0.25, 0.3) is 0 Å². The standard InChI is InChI=1S/C23H28O2/c1-17(2)22(24)13-12-20-10-7-11-21(15-20)14-18(3)23(25)16-19-8-5-4-6-9-19/h4-11,15,17-18H,12-14,16H2,1-3H3. The summed E-state index contributed by atoms with van der Waals surface area (Å²) in [4.78, 5) is 24.2. The summed E-state index contributed by atoms with van der Waals surface area (Å²) in [5.41, 5.74) is 3.41. The van der Waals surface area contributed by atoms with Crippen LogP contribution in [0.1, 0.15) is 43.9 Å². The Morgan fingerprint density at radius 1 is 0.800 bits per heavy atom. The molecule has 0 bridgehead atoms. The van der Waals surface area contributed by atoms with Gasteiger partial charge in [0.15, 0.2) is 0 Å². The van der Waals surface area contributed by atoms with Crippen LogP contribution in [0.5, 0.6) is 0 Å². The number of rotatable bonds is 9. The summed E-state index contributed by atoms with van der Waals surface area (Å²) in [6.07, 6.45) is 2.60. The van der Waals surface area contributed by atoms with Crippen molar-refractivity contribution in [2.45, 2.75) is 46.5 Å². The number of carbonyl (C=O) groups excluding carboxylic acids is 2. The van der Waals surface area contributed by atoms with Crippen LogP contribution in [0.25, 0.3) is 0 Å². The van der Waals surface area contributed by atoms with Crippen molar-refractivity contribution in [3.63, 3.8) is 0 Å². The van der Waals surface area contributed by atoms with E-state index >= 15 is 0 Å². The van der Waals surface area contributed by atoms with Gasteiger partial charge in [-0.15, -0.1) is 0 Å². The topological polar surface area (TPSA) is 34.1 Å². The van der Waals surface area contributed by atoms with E-state index in [1.165, 1.54) is 11.1 Å². The van der Waals surface area contributed by atoms with Crippen molar-refractivity contribution < 1.29 is 9.59 Å². The van der Waals surface area contributed by atoms with Crippen molar-refractivity contribution in [2.75, 3.05) is 0 Å². The number of aryl methyl sites for hydroxylation is 1. The lowest BCUT2D eigenvalue weighted by Gasteiger charge is -2.12. The highest BCUT2D eigenvalue weighted by molar-refractivity contribution is 5.83. The molecule has 0 saturated heterocycles. The maximum Gasteiger partial charge on any atom is 0.140 e. The Kier molecular flexibility index (Phi) is 7.12. The van der Waals surface area contributed by atoms with Crippen molar-refractivity contribution in [1.82, 2.24) is 0 Å². The highest BCUT2D eigenvalue weighted by Crippen LogP contribution is 2.15. The number of benzene rings is 2. The van der Waals surface area contributed by atoms with Crippen LogP contribution in [0.15, 0.2) is 54.6 Å². The molecule has 0 aliphatic heterocycles. The molecule has 2 rings (SSSR count). The predicted molar refractivity (Wildman–Crippen MR) is 103 cm³/mol. The second-order valence-electron chi connectivity index (χ2n) is 7.17. The first-order valence-electron chi connectivity index (χ1n) is 9.13. The summed E-state index contributed by atoms with van der Waals surface area (Å²) in [7, 11) is 0. The molecule has 0 aromatic heterocycles. The van der Waals surface area contributed by atoms with Crippen LogP contribution >= 0.6 is 0 Å². The van der Waals surface area contributed by atoms with E-state index in [1.54, 1.807) is 0 Å². The quantitative estimate of drug-likeness (QED) is 0.657. The molecule has 2 heteroatoms. The lowest BCUT2D eigenvalue weighted by Crippen LogP contribution is -2.16. The predicted octanol–water partition coefficient (Wildman–Crippen LogP) is 4.83. The van der Waals surface area contributed by atoms with E-state index in [9.17, 15) is 9.59 Å². The van der Waals surface area contributed by atoms with Crippen LogP contribution in [0.3, 0.4) is 0 Å². The van der Waals surface area contributed by atoms with Crippen molar-refractivity contribution in [3.05, 3.63) is 71.3 Å². The molecule has 1 atom stereocenters. The Morgan fingerprint density at radius 2 is 1.44 bits per heavy atom. The zero-order chi connectivity index (χ0) is 18.2. The fourth-order valence-corrected chi connectivity index (χ4v) is 2.91. The van der Waals surface area contributed by atoms with Gasteiger partial charge in [0.2, 0.25) is 0 Å². The zero-order valence-electron chi connectivity index (χ0n) is 15.5. The number of hydrogen-bond acceptors (Lipinski definition) is 2. The third kappa shape index (κ3) is 6.30. The van der Waals surface area contributed by atoms with E-state index < -0.39 is 0 Å². The minimum atomic E-state index is -0.00671. The maximum absolute atomic E-state index is 12.4. The average molecular weight is 336 g/mol. The molecule has 2 aromatic carbocycles. The maximum atomic E-state index is 12.4. The van der Waals surface area contributed by atoms with Crippen LogP contribution in [0.2, 0.25) is 0 Å². The Bertz CT molecular complexity index is 701. The van der Waals surface area contributed by atoms with Crippen LogP contribution in [-0.2, 0) is 28.9 Å². The first kappa shape index (κ1) is 19.1. The second-order valence-corrected chi connectivity index (χ2v) is 7.17. The molecule has 25 heavy (non-hydrogen) atoms. The minimum Gasteiger partial charge on any atom is -0.299 e. The van der Waals surface area contributed by atoms with Gasteiger partial charge in [-0.2, -0.15) is 0 Å². The van der Waals surface area contributed by atoms with Gasteiger partial charge in [-0.1, -0.05) is 75.4 Å². The molecule has 0 N–H and O–H groups in total. The third-order valence-corrected chi connectivity index (χ3v) is 4.61. The van der Waals surface area contributed by atoms with E-state index in [2.05, 4.69) is 18.2 Å². The molecular formula is C23H28O2. The number of carbonyl (C=O) groups is 2. The SMILES string of the molecule is CC(C)C(=O)CCc1cccc(CC(C)C(=O)Cc2ccccc2)c1. The Morgan fingerprint density at radius 3 is 2.12 bits per heavy atom. The summed E-state index contributed by atoms with van der Waals surface area (Å²) in [5, 5.41) is 0. The fraction of sp³-hybridized carbons (Fsp3) is 0.391. The van der Waals surface area contributed by atoms with Crippen LogP contribution < -0.4 is 0 Å². The molecule has 0 radical (unpaired) electrons. The monoisotopic (exact) mass is 336 g/mol. The summed E-state index contributed by atoms with van der Waals surface area (Å²) in [6.45, 7) is 5.89. The van der Waals surface area contributed by atoms with E-state index in [0.717, 1.165) is 18.4 Å². The molecule has 0 heterocycles. The molecule has 0 aliphatic carbocycles. The summed E-state index contributed by atoms with van der Waals surface area (Å²) in [5.74, 6) is 0.662. The van der Waals surface area contributed by atoms with Gasteiger partial charge in [-0.05, 0) is 29.5 Å². The number of hydrogen-bond donors (Lipinski definition) is 0. The molecule has 0 saturated carbocycles. The molecular weight excluding hydrogens is 308 g/mol. The zero-order valence-corrected chi connectivity index (χ0v) is 15.5. The smallest absolute Gasteiger partial charge is 0.140 e. The van der Waals surface area contributed by atoms with E-state index in [1.807, 2.05) is 57.2 Å². The summed E-state index contributed by atoms with van der Waals surface area (Å²) < 4.78 is 0. The van der Waals surface area contributed by atoms with Crippen molar-refractivity contribution in [2.24, 2.45) is 11.8 Å². The highest BCUT2D eigenvalue weighted by atomic mass is 16.1. The third-order valence-electron chi connectivity index (χ3n) is 4.61. The molecule has 1 unspecified atom stereocenters. The van der Waals surface area contributed by atoms with Crippen LogP contribution in [-0.4, -0.2) is 11.6 Å². The van der Waals surface area contributed by atoms with Gasteiger partial charge in [0.05, 0.1) is 0 Å². The van der Waals surface area contributed by atoms with E-state index in [0.29, 0.717) is 18.6 Å². The number of Topliss-reactive ketones (excluding diaryl/α,β-unsaturated/α-hetero) is 2. The Hall–Kier alpha value is -2.22. The fourth-order valence-electron chi connectivity index (χ4n) is 2.91. The molecule has 132 valence electrons. The first-order chi connectivity index (χ1) is 12.0. The van der Waals surface area contributed by atoms with E-state index in [4.69, 9.17) is 0 Å². The highest BCUT2D eigenvalue weighted by Gasteiger charge is 2.14. The van der Waals surface area contributed by atoms with Gasteiger partial charge < -0.3 is 0 Å². The second kappa shape index (κ2) is 9.31. The molecule has 2 nitrogen and oxygen atoms in total. The van der Waals surface area contributed by atoms with Crippen molar-refractivity contribution >= 4 is 11.6 Å². The van der Waals surface area contributed by atoms with Crippen LogP contribution in [0, 0.1) is 11.8 Å². The molecule has 0 spiro atoms. The Labute approximate surface area is 151 Å². The molecule has 0 aliphatic rings. The van der Waals surface area contributed by atoms with Crippen LogP contribution in [0.4, 0.5) is 0 Å². The average Bonchev–Trinajstić information content (AvgIpc) is 2.60. The molecule has 0 amide bonds. The minimum absolute atomic E-state index is 0.00671. The Balaban J connectivity index is 1.92. The molecule has 2 aromatic rings. The lowest BCUT2D eigenvalue weighted by atomic mass is 9.92.